The van der Waals surface area contributed by atoms with Crippen LogP contribution in [0.25, 0.3) is 0 Å². The first-order valence-corrected chi connectivity index (χ1v) is 7.76. The Hall–Kier alpha value is -3.09. The number of ether oxygens (including phenoxy) is 1. The summed E-state index contributed by atoms with van der Waals surface area (Å²) in [4.78, 5) is 14.4. The molecule has 0 N–H and O–H groups in total. The smallest absolute Gasteiger partial charge is 0.276 e. The van der Waals surface area contributed by atoms with Gasteiger partial charge in [-0.15, -0.1) is 0 Å². The third-order valence-electron chi connectivity index (χ3n) is 3.96. The highest BCUT2D eigenvalue weighted by atomic mass is 16.5. The number of aromatic nitrogens is 4. The zero-order valence-electron chi connectivity index (χ0n) is 13.3. The minimum absolute atomic E-state index is 0.0623. The molecule has 0 saturated carbocycles. The Labute approximate surface area is 139 Å². The quantitative estimate of drug-likeness (QED) is 0.735. The highest BCUT2D eigenvalue weighted by Gasteiger charge is 2.28. The van der Waals surface area contributed by atoms with Crippen LogP contribution >= 0.6 is 0 Å². The van der Waals surface area contributed by atoms with Gasteiger partial charge in [-0.05, 0) is 18.2 Å². The number of para-hydroxylation sites is 1. The van der Waals surface area contributed by atoms with Gasteiger partial charge in [-0.2, -0.15) is 10.2 Å². The lowest BCUT2D eigenvalue weighted by atomic mass is 10.2. The molecule has 1 aromatic carbocycles. The summed E-state index contributed by atoms with van der Waals surface area (Å²) in [6.45, 7) is 1.57. The second-order valence-electron chi connectivity index (χ2n) is 5.67. The Bertz CT molecular complexity index is 868. The van der Waals surface area contributed by atoms with Gasteiger partial charge in [0.15, 0.2) is 0 Å². The van der Waals surface area contributed by atoms with Crippen LogP contribution in [-0.2, 0) is 20.2 Å². The molecular formula is C17H17N5O2. The lowest BCUT2D eigenvalue weighted by Crippen LogP contribution is -2.40. The monoisotopic (exact) mass is 323 g/mol. The number of carbonyl (C=O) groups excluding carboxylic acids is 1. The number of aryl methyl sites for hydroxylation is 1. The van der Waals surface area contributed by atoms with Crippen LogP contribution in [0.2, 0.25) is 0 Å². The lowest BCUT2D eigenvalue weighted by Gasteiger charge is -2.25. The van der Waals surface area contributed by atoms with E-state index in [4.69, 9.17) is 4.74 Å². The zero-order valence-corrected chi connectivity index (χ0v) is 13.3. The number of anilines is 1. The van der Waals surface area contributed by atoms with E-state index in [2.05, 4.69) is 10.2 Å². The van der Waals surface area contributed by atoms with Gasteiger partial charge < -0.3 is 9.64 Å². The van der Waals surface area contributed by atoms with E-state index in [0.717, 1.165) is 17.1 Å². The molecule has 1 aliphatic heterocycles. The van der Waals surface area contributed by atoms with Crippen LogP contribution in [0.1, 0.15) is 16.2 Å². The molecule has 0 radical (unpaired) electrons. The molecule has 0 unspecified atom stereocenters. The maximum absolute atomic E-state index is 12.7. The molecule has 3 heterocycles. The van der Waals surface area contributed by atoms with Crippen molar-refractivity contribution in [2.45, 2.75) is 13.2 Å². The van der Waals surface area contributed by atoms with Gasteiger partial charge in [-0.25, -0.2) is 0 Å². The van der Waals surface area contributed by atoms with E-state index in [1.54, 1.807) is 26.5 Å². The summed E-state index contributed by atoms with van der Waals surface area (Å²) in [5.41, 5.74) is 2.13. The van der Waals surface area contributed by atoms with Gasteiger partial charge in [0, 0.05) is 19.8 Å². The molecular weight excluding hydrogens is 306 g/mol. The largest absolute Gasteiger partial charge is 0.487 e. The average molecular weight is 323 g/mol. The lowest BCUT2D eigenvalue weighted by molar-refractivity contribution is 0.0962. The van der Waals surface area contributed by atoms with E-state index in [0.29, 0.717) is 25.4 Å². The minimum atomic E-state index is -0.0623. The zero-order chi connectivity index (χ0) is 16.5. The van der Waals surface area contributed by atoms with Crippen LogP contribution in [0.15, 0.2) is 48.8 Å². The standard InChI is InChI=1S/C17H17N5O2/c1-20-11-14(10-18-20)21-7-8-22-16(17(21)23)9-13(19-22)12-24-15-5-3-2-4-6-15/h2-6,9-11H,7-8,12H2,1H3. The number of fused-ring (bicyclic) bond motifs is 1. The molecule has 0 bridgehead atoms. The molecule has 0 atom stereocenters. The number of rotatable bonds is 4. The molecule has 0 spiro atoms. The third-order valence-corrected chi connectivity index (χ3v) is 3.96. The molecule has 1 aliphatic rings. The van der Waals surface area contributed by atoms with Gasteiger partial charge in [0.2, 0.25) is 0 Å². The van der Waals surface area contributed by atoms with E-state index >= 15 is 0 Å². The number of benzene rings is 1. The Morgan fingerprint density at radius 2 is 2.04 bits per heavy atom. The number of hydrogen-bond acceptors (Lipinski definition) is 4. The SMILES string of the molecule is Cn1cc(N2CCn3nc(COc4ccccc4)cc3C2=O)cn1. The van der Waals surface area contributed by atoms with Crippen molar-refractivity contribution in [1.29, 1.82) is 0 Å². The minimum Gasteiger partial charge on any atom is -0.487 e. The fourth-order valence-electron chi connectivity index (χ4n) is 2.79. The van der Waals surface area contributed by atoms with Crippen molar-refractivity contribution in [1.82, 2.24) is 19.6 Å². The predicted octanol–water partition coefficient (Wildman–Crippen LogP) is 1.86. The highest BCUT2D eigenvalue weighted by Crippen LogP contribution is 2.21. The first-order chi connectivity index (χ1) is 11.7. The predicted molar refractivity (Wildman–Crippen MR) is 87.9 cm³/mol. The first kappa shape index (κ1) is 14.5. The fraction of sp³-hybridized carbons (Fsp3) is 0.235. The molecule has 0 saturated heterocycles. The maximum atomic E-state index is 12.7. The van der Waals surface area contributed by atoms with Crippen molar-refractivity contribution in [3.05, 3.63) is 60.2 Å². The van der Waals surface area contributed by atoms with Crippen LogP contribution in [0.5, 0.6) is 5.75 Å². The highest BCUT2D eigenvalue weighted by molar-refractivity contribution is 6.05. The average Bonchev–Trinajstić information content (AvgIpc) is 3.21. The number of hydrogen-bond donors (Lipinski definition) is 0. The van der Waals surface area contributed by atoms with Gasteiger partial charge >= 0.3 is 0 Å². The Morgan fingerprint density at radius 1 is 1.21 bits per heavy atom. The summed E-state index contributed by atoms with van der Waals surface area (Å²) < 4.78 is 9.14. The van der Waals surface area contributed by atoms with Gasteiger partial charge in [0.25, 0.3) is 5.91 Å². The summed E-state index contributed by atoms with van der Waals surface area (Å²) in [6.07, 6.45) is 3.53. The third kappa shape index (κ3) is 2.64. The van der Waals surface area contributed by atoms with Crippen molar-refractivity contribution in [2.75, 3.05) is 11.4 Å². The molecule has 24 heavy (non-hydrogen) atoms. The maximum Gasteiger partial charge on any atom is 0.276 e. The Kier molecular flexibility index (Phi) is 3.53. The summed E-state index contributed by atoms with van der Waals surface area (Å²) in [7, 11) is 1.83. The molecule has 122 valence electrons. The molecule has 7 nitrogen and oxygen atoms in total. The van der Waals surface area contributed by atoms with Crippen LogP contribution in [0.4, 0.5) is 5.69 Å². The Morgan fingerprint density at radius 3 is 2.79 bits per heavy atom. The van der Waals surface area contributed by atoms with Gasteiger partial charge in [-0.1, -0.05) is 18.2 Å². The molecule has 2 aromatic heterocycles. The van der Waals surface area contributed by atoms with E-state index in [1.807, 2.05) is 43.6 Å². The molecule has 0 fully saturated rings. The summed E-state index contributed by atoms with van der Waals surface area (Å²) in [5.74, 6) is 0.722. The second kappa shape index (κ2) is 5.84. The molecule has 4 rings (SSSR count). The van der Waals surface area contributed by atoms with E-state index in [1.165, 1.54) is 0 Å². The van der Waals surface area contributed by atoms with E-state index in [-0.39, 0.29) is 5.91 Å². The molecule has 7 heteroatoms. The molecule has 3 aromatic rings. The van der Waals surface area contributed by atoms with Crippen LogP contribution in [-0.4, -0.2) is 32.0 Å². The van der Waals surface area contributed by atoms with Crippen molar-refractivity contribution in [3.63, 3.8) is 0 Å². The fourth-order valence-corrected chi connectivity index (χ4v) is 2.79. The van der Waals surface area contributed by atoms with Crippen molar-refractivity contribution in [3.8, 4) is 5.75 Å². The van der Waals surface area contributed by atoms with E-state index < -0.39 is 0 Å². The first-order valence-electron chi connectivity index (χ1n) is 7.76. The van der Waals surface area contributed by atoms with E-state index in [9.17, 15) is 4.79 Å². The number of nitrogens with zero attached hydrogens (tertiary/aromatic N) is 5. The number of amides is 1. The normalized spacial score (nSPS) is 13.9. The summed E-state index contributed by atoms with van der Waals surface area (Å²) in [5, 5.41) is 8.60. The van der Waals surface area contributed by atoms with Crippen LogP contribution in [0.3, 0.4) is 0 Å². The van der Waals surface area contributed by atoms with Crippen molar-refractivity contribution < 1.29 is 9.53 Å². The topological polar surface area (TPSA) is 65.2 Å². The summed E-state index contributed by atoms with van der Waals surface area (Å²) >= 11 is 0. The molecule has 1 amide bonds. The van der Waals surface area contributed by atoms with Gasteiger partial charge in [0.1, 0.15) is 23.7 Å². The van der Waals surface area contributed by atoms with Gasteiger partial charge in [-0.3, -0.25) is 14.2 Å². The Balaban J connectivity index is 1.51. The van der Waals surface area contributed by atoms with Crippen LogP contribution < -0.4 is 9.64 Å². The van der Waals surface area contributed by atoms with Crippen LogP contribution in [0, 0.1) is 0 Å². The van der Waals surface area contributed by atoms with Gasteiger partial charge in [0.05, 0.1) is 18.4 Å². The van der Waals surface area contributed by atoms with Crippen molar-refractivity contribution >= 4 is 11.6 Å². The van der Waals surface area contributed by atoms with Crippen molar-refractivity contribution in [2.24, 2.45) is 7.05 Å². The number of carbonyl (C=O) groups is 1. The molecule has 0 aliphatic carbocycles. The summed E-state index contributed by atoms with van der Waals surface area (Å²) in [6, 6.07) is 11.4. The second-order valence-corrected chi connectivity index (χ2v) is 5.67.